The van der Waals surface area contributed by atoms with E-state index in [9.17, 15) is 4.79 Å². The van der Waals surface area contributed by atoms with E-state index in [1.807, 2.05) is 0 Å². The first kappa shape index (κ1) is 16.2. The molecular weight excluding hydrogens is 212 g/mol. The van der Waals surface area contributed by atoms with Crippen LogP contribution in [0.25, 0.3) is 0 Å². The smallest absolute Gasteiger partial charge is 0.333 e. The van der Waals surface area contributed by atoms with E-state index in [2.05, 4.69) is 20.4 Å². The molecule has 1 atom stereocenters. The number of rotatable bonds is 10. The van der Waals surface area contributed by atoms with E-state index in [1.54, 1.807) is 6.92 Å². The van der Waals surface area contributed by atoms with Gasteiger partial charge in [0.1, 0.15) is 0 Å². The molecule has 0 fully saturated rings. The van der Waals surface area contributed by atoms with Gasteiger partial charge >= 0.3 is 5.97 Å². The van der Waals surface area contributed by atoms with Gasteiger partial charge in [0, 0.05) is 5.57 Å². The second-order valence-corrected chi connectivity index (χ2v) is 5.01. The maximum atomic E-state index is 11.1. The van der Waals surface area contributed by atoms with Crippen LogP contribution < -0.4 is 0 Å². The van der Waals surface area contributed by atoms with Crippen LogP contribution in [-0.4, -0.2) is 12.6 Å². The quantitative estimate of drug-likeness (QED) is 0.319. The minimum Gasteiger partial charge on any atom is -0.462 e. The van der Waals surface area contributed by atoms with Gasteiger partial charge < -0.3 is 4.74 Å². The van der Waals surface area contributed by atoms with Gasteiger partial charge in [0.2, 0.25) is 0 Å². The van der Waals surface area contributed by atoms with Gasteiger partial charge in [-0.3, -0.25) is 0 Å². The molecule has 0 aliphatic carbocycles. The average Bonchev–Trinajstić information content (AvgIpc) is 2.28. The molecule has 0 radical (unpaired) electrons. The molecule has 0 rings (SSSR count). The van der Waals surface area contributed by atoms with Crippen molar-refractivity contribution >= 4 is 5.97 Å². The number of hydrogen-bond donors (Lipinski definition) is 0. The van der Waals surface area contributed by atoms with E-state index < -0.39 is 0 Å². The lowest BCUT2D eigenvalue weighted by atomic mass is 9.97. The predicted octanol–water partition coefficient (Wildman–Crippen LogP) is 4.49. The van der Waals surface area contributed by atoms with E-state index in [0.717, 1.165) is 18.8 Å². The lowest BCUT2D eigenvalue weighted by Gasteiger charge is -2.10. The van der Waals surface area contributed by atoms with Crippen molar-refractivity contribution in [2.24, 2.45) is 5.92 Å². The monoisotopic (exact) mass is 240 g/mol. The van der Waals surface area contributed by atoms with Crippen molar-refractivity contribution in [3.8, 4) is 0 Å². The fraction of sp³-hybridized carbons (Fsp3) is 0.800. The third-order valence-electron chi connectivity index (χ3n) is 2.97. The van der Waals surface area contributed by atoms with Gasteiger partial charge in [-0.2, -0.15) is 0 Å². The molecule has 0 aliphatic heterocycles. The summed E-state index contributed by atoms with van der Waals surface area (Å²) in [7, 11) is 0. The zero-order chi connectivity index (χ0) is 13.1. The summed E-state index contributed by atoms with van der Waals surface area (Å²) in [5.74, 6) is 0.541. The molecule has 0 spiro atoms. The topological polar surface area (TPSA) is 26.3 Å². The van der Waals surface area contributed by atoms with Crippen LogP contribution >= 0.6 is 0 Å². The lowest BCUT2D eigenvalue weighted by molar-refractivity contribution is -0.139. The highest BCUT2D eigenvalue weighted by atomic mass is 16.5. The lowest BCUT2D eigenvalue weighted by Crippen LogP contribution is -2.06. The molecule has 2 heteroatoms. The molecule has 0 heterocycles. The Kier molecular flexibility index (Phi) is 9.89. The largest absolute Gasteiger partial charge is 0.462 e. The Hall–Kier alpha value is -0.790. The van der Waals surface area contributed by atoms with Gasteiger partial charge in [0.05, 0.1) is 6.61 Å². The number of esters is 1. The number of carbonyl (C=O) groups is 1. The molecule has 0 saturated heterocycles. The van der Waals surface area contributed by atoms with Gasteiger partial charge in [-0.25, -0.2) is 4.79 Å². The summed E-state index contributed by atoms with van der Waals surface area (Å²) in [6.45, 7) is 10.3. The van der Waals surface area contributed by atoms with Crippen molar-refractivity contribution in [1.82, 2.24) is 0 Å². The minimum absolute atomic E-state index is 0.263. The fourth-order valence-corrected chi connectivity index (χ4v) is 1.77. The second-order valence-electron chi connectivity index (χ2n) is 5.01. The Balaban J connectivity index is 3.33. The van der Waals surface area contributed by atoms with Crippen LogP contribution in [-0.2, 0) is 9.53 Å². The van der Waals surface area contributed by atoms with E-state index in [1.165, 1.54) is 32.1 Å². The summed E-state index contributed by atoms with van der Waals surface area (Å²) in [5, 5.41) is 0. The maximum absolute atomic E-state index is 11.1. The summed E-state index contributed by atoms with van der Waals surface area (Å²) in [5.41, 5.74) is 0.484. The zero-order valence-electron chi connectivity index (χ0n) is 11.8. The third kappa shape index (κ3) is 10.1. The molecule has 0 bridgehead atoms. The molecular formula is C15H28O2. The van der Waals surface area contributed by atoms with E-state index >= 15 is 0 Å². The molecule has 0 aliphatic rings. The van der Waals surface area contributed by atoms with Crippen molar-refractivity contribution in [3.63, 3.8) is 0 Å². The average molecular weight is 240 g/mol. The highest BCUT2D eigenvalue weighted by Crippen LogP contribution is 2.15. The van der Waals surface area contributed by atoms with Crippen molar-refractivity contribution in [2.75, 3.05) is 6.61 Å². The number of hydrogen-bond acceptors (Lipinski definition) is 2. The summed E-state index contributed by atoms with van der Waals surface area (Å²) < 4.78 is 5.05. The van der Waals surface area contributed by atoms with Gasteiger partial charge in [-0.05, 0) is 25.7 Å². The van der Waals surface area contributed by atoms with Crippen LogP contribution in [0.4, 0.5) is 0 Å². The Morgan fingerprint density at radius 1 is 1.18 bits per heavy atom. The van der Waals surface area contributed by atoms with Crippen LogP contribution in [0.15, 0.2) is 12.2 Å². The Morgan fingerprint density at radius 2 is 1.76 bits per heavy atom. The summed E-state index contributed by atoms with van der Waals surface area (Å²) in [6, 6.07) is 0. The van der Waals surface area contributed by atoms with Crippen LogP contribution in [0, 0.1) is 5.92 Å². The Bertz CT molecular complexity index is 221. The predicted molar refractivity (Wildman–Crippen MR) is 72.9 cm³/mol. The second kappa shape index (κ2) is 10.4. The first-order valence-electron chi connectivity index (χ1n) is 6.90. The van der Waals surface area contributed by atoms with Crippen molar-refractivity contribution < 1.29 is 9.53 Å². The molecule has 1 unspecified atom stereocenters. The highest BCUT2D eigenvalue weighted by Gasteiger charge is 2.04. The summed E-state index contributed by atoms with van der Waals surface area (Å²) in [4.78, 5) is 11.1. The fourth-order valence-electron chi connectivity index (χ4n) is 1.77. The minimum atomic E-state index is -0.263. The normalized spacial score (nSPS) is 12.2. The van der Waals surface area contributed by atoms with Crippen LogP contribution in [0.2, 0.25) is 0 Å². The molecule has 0 aromatic rings. The Morgan fingerprint density at radius 3 is 2.29 bits per heavy atom. The van der Waals surface area contributed by atoms with Crippen LogP contribution in [0.3, 0.4) is 0 Å². The van der Waals surface area contributed by atoms with Crippen LogP contribution in [0.5, 0.6) is 0 Å². The van der Waals surface area contributed by atoms with Gasteiger partial charge in [-0.1, -0.05) is 52.5 Å². The zero-order valence-corrected chi connectivity index (χ0v) is 11.8. The van der Waals surface area contributed by atoms with Crippen molar-refractivity contribution in [3.05, 3.63) is 12.2 Å². The molecule has 0 aromatic carbocycles. The van der Waals surface area contributed by atoms with Crippen LogP contribution in [0.1, 0.15) is 65.7 Å². The SMILES string of the molecule is C=C(C)C(=O)OCCCCC(C)CCCCC. The molecule has 0 amide bonds. The van der Waals surface area contributed by atoms with Gasteiger partial charge in [-0.15, -0.1) is 0 Å². The van der Waals surface area contributed by atoms with Gasteiger partial charge in [0.25, 0.3) is 0 Å². The summed E-state index contributed by atoms with van der Waals surface area (Å²) >= 11 is 0. The van der Waals surface area contributed by atoms with E-state index in [0.29, 0.717) is 12.2 Å². The molecule has 0 saturated carbocycles. The molecule has 0 N–H and O–H groups in total. The van der Waals surface area contributed by atoms with Gasteiger partial charge in [0.15, 0.2) is 0 Å². The maximum Gasteiger partial charge on any atom is 0.333 e. The first-order valence-corrected chi connectivity index (χ1v) is 6.90. The molecule has 0 aromatic heterocycles. The van der Waals surface area contributed by atoms with E-state index in [-0.39, 0.29) is 5.97 Å². The molecule has 100 valence electrons. The number of carbonyl (C=O) groups excluding carboxylic acids is 1. The highest BCUT2D eigenvalue weighted by molar-refractivity contribution is 5.86. The third-order valence-corrected chi connectivity index (χ3v) is 2.97. The van der Waals surface area contributed by atoms with Crippen molar-refractivity contribution in [2.45, 2.75) is 65.7 Å². The number of ether oxygens (including phenoxy) is 1. The van der Waals surface area contributed by atoms with Crippen molar-refractivity contribution in [1.29, 1.82) is 0 Å². The Labute approximate surface area is 106 Å². The molecule has 2 nitrogen and oxygen atoms in total. The number of unbranched alkanes of at least 4 members (excludes halogenated alkanes) is 3. The standard InChI is InChI=1S/C15H28O2/c1-5-6-7-10-14(4)11-8-9-12-17-15(16)13(2)3/h14H,2,5-12H2,1,3-4H3. The molecule has 17 heavy (non-hydrogen) atoms. The first-order chi connectivity index (χ1) is 8.07. The summed E-state index contributed by atoms with van der Waals surface area (Å²) in [6.07, 6.45) is 8.69. The van der Waals surface area contributed by atoms with E-state index in [4.69, 9.17) is 4.74 Å².